The predicted molar refractivity (Wildman–Crippen MR) is 72.5 cm³/mol. The van der Waals surface area contributed by atoms with Crippen molar-refractivity contribution in [2.75, 3.05) is 11.9 Å². The van der Waals surface area contributed by atoms with Gasteiger partial charge >= 0.3 is 0 Å². The Morgan fingerprint density at radius 1 is 1.35 bits per heavy atom. The summed E-state index contributed by atoms with van der Waals surface area (Å²) in [7, 11) is 1.57. The molecule has 2 rings (SSSR count). The lowest BCUT2D eigenvalue weighted by Crippen LogP contribution is -2.28. The van der Waals surface area contributed by atoms with E-state index in [9.17, 15) is 9.18 Å². The second kappa shape index (κ2) is 5.93. The van der Waals surface area contributed by atoms with Crippen molar-refractivity contribution in [1.29, 1.82) is 5.26 Å². The van der Waals surface area contributed by atoms with E-state index in [1.54, 1.807) is 37.4 Å². The van der Waals surface area contributed by atoms with E-state index in [-0.39, 0.29) is 12.3 Å². The van der Waals surface area contributed by atoms with Crippen molar-refractivity contribution in [3.63, 3.8) is 0 Å². The molecular weight excluding hydrogens is 257 g/mol. The number of amides is 1. The number of benzene rings is 1. The number of nitriles is 1. The maximum absolute atomic E-state index is 13.5. The largest absolute Gasteiger partial charge is 0.300 e. The zero-order valence-electron chi connectivity index (χ0n) is 10.9. The van der Waals surface area contributed by atoms with Crippen LogP contribution in [0.3, 0.4) is 0 Å². The first-order valence-electron chi connectivity index (χ1n) is 5.98. The molecule has 20 heavy (non-hydrogen) atoms. The van der Waals surface area contributed by atoms with Crippen molar-refractivity contribution < 1.29 is 9.18 Å². The van der Waals surface area contributed by atoms with E-state index in [2.05, 4.69) is 4.98 Å². The lowest BCUT2D eigenvalue weighted by Gasteiger charge is -2.16. The first-order valence-corrected chi connectivity index (χ1v) is 5.98. The van der Waals surface area contributed by atoms with Gasteiger partial charge < -0.3 is 0 Å². The van der Waals surface area contributed by atoms with Gasteiger partial charge in [-0.1, -0.05) is 18.2 Å². The zero-order valence-corrected chi connectivity index (χ0v) is 10.9. The van der Waals surface area contributed by atoms with Crippen molar-refractivity contribution in [1.82, 2.24) is 4.98 Å². The number of rotatable bonds is 3. The molecule has 0 spiro atoms. The molecule has 2 aromatic rings. The Labute approximate surface area is 116 Å². The van der Waals surface area contributed by atoms with E-state index >= 15 is 0 Å². The fraction of sp³-hybridized carbons (Fsp3) is 0.133. The lowest BCUT2D eigenvalue weighted by molar-refractivity contribution is -0.117. The smallest absolute Gasteiger partial charge is 0.232 e. The summed E-state index contributed by atoms with van der Waals surface area (Å²) in [5.41, 5.74) is 0.765. The van der Waals surface area contributed by atoms with Crippen molar-refractivity contribution in [3.05, 3.63) is 59.5 Å². The van der Waals surface area contributed by atoms with Crippen LogP contribution in [0.15, 0.2) is 42.6 Å². The molecule has 0 aliphatic heterocycles. The third-order valence-corrected chi connectivity index (χ3v) is 2.89. The monoisotopic (exact) mass is 269 g/mol. The molecule has 1 aromatic carbocycles. The van der Waals surface area contributed by atoms with Gasteiger partial charge in [-0.3, -0.25) is 9.69 Å². The van der Waals surface area contributed by atoms with Gasteiger partial charge in [0.1, 0.15) is 17.7 Å². The first kappa shape index (κ1) is 13.7. The van der Waals surface area contributed by atoms with Gasteiger partial charge in [0.15, 0.2) is 0 Å². The molecule has 1 aromatic heterocycles. The highest BCUT2D eigenvalue weighted by atomic mass is 19.1. The Balaban J connectivity index is 2.12. The predicted octanol–water partition coefficient (Wildman–Crippen LogP) is 2.30. The van der Waals surface area contributed by atoms with Crippen molar-refractivity contribution >= 4 is 11.7 Å². The molecule has 0 atom stereocenters. The molecule has 0 N–H and O–H groups in total. The van der Waals surface area contributed by atoms with Crippen molar-refractivity contribution in [2.45, 2.75) is 6.42 Å². The van der Waals surface area contributed by atoms with Crippen LogP contribution in [0.4, 0.5) is 10.2 Å². The number of aromatic nitrogens is 1. The highest BCUT2D eigenvalue weighted by Crippen LogP contribution is 2.13. The maximum Gasteiger partial charge on any atom is 0.232 e. The molecule has 0 aliphatic rings. The molecule has 100 valence electrons. The Bertz CT molecular complexity index is 662. The summed E-state index contributed by atoms with van der Waals surface area (Å²) in [6.07, 6.45) is 1.35. The molecule has 5 heteroatoms. The minimum absolute atomic E-state index is 0.0369. The molecule has 0 bridgehead atoms. The van der Waals surface area contributed by atoms with Gasteiger partial charge in [0.25, 0.3) is 0 Å². The van der Waals surface area contributed by atoms with Gasteiger partial charge in [-0.15, -0.1) is 0 Å². The minimum atomic E-state index is -0.401. The standard InChI is InChI=1S/C15H12FN3O/c1-19(14-7-6-11(9-17)10-18-14)15(20)8-12-4-2-3-5-13(12)16/h2-7,10H,8H2,1H3. The number of nitrogens with zero attached hydrogens (tertiary/aromatic N) is 3. The molecule has 0 aliphatic carbocycles. The average Bonchev–Trinajstić information content (AvgIpc) is 2.49. The van der Waals surface area contributed by atoms with E-state index in [4.69, 9.17) is 5.26 Å². The van der Waals surface area contributed by atoms with Crippen LogP contribution in [0, 0.1) is 17.1 Å². The molecule has 0 saturated carbocycles. The summed E-state index contributed by atoms with van der Waals surface area (Å²) in [6, 6.07) is 11.3. The van der Waals surface area contributed by atoms with Gasteiger partial charge in [-0.2, -0.15) is 5.26 Å². The molecule has 0 radical (unpaired) electrons. The molecule has 1 amide bonds. The second-order valence-electron chi connectivity index (χ2n) is 4.24. The summed E-state index contributed by atoms with van der Waals surface area (Å²) in [6.45, 7) is 0. The van der Waals surface area contributed by atoms with Crippen LogP contribution in [-0.2, 0) is 11.2 Å². The van der Waals surface area contributed by atoms with E-state index in [1.807, 2.05) is 6.07 Å². The van der Waals surface area contributed by atoms with Crippen molar-refractivity contribution in [3.8, 4) is 6.07 Å². The fourth-order valence-corrected chi connectivity index (χ4v) is 1.70. The molecule has 1 heterocycles. The minimum Gasteiger partial charge on any atom is -0.300 e. The Hall–Kier alpha value is -2.74. The van der Waals surface area contributed by atoms with Gasteiger partial charge in [0, 0.05) is 13.2 Å². The second-order valence-corrected chi connectivity index (χ2v) is 4.24. The highest BCUT2D eigenvalue weighted by molar-refractivity contribution is 5.93. The van der Waals surface area contributed by atoms with E-state index in [0.29, 0.717) is 16.9 Å². The van der Waals surface area contributed by atoms with Crippen LogP contribution < -0.4 is 4.90 Å². The number of hydrogen-bond acceptors (Lipinski definition) is 3. The van der Waals surface area contributed by atoms with E-state index < -0.39 is 5.82 Å². The van der Waals surface area contributed by atoms with Gasteiger partial charge in [0.05, 0.1) is 12.0 Å². The summed E-state index contributed by atoms with van der Waals surface area (Å²) in [5.74, 6) is -0.250. The maximum atomic E-state index is 13.5. The summed E-state index contributed by atoms with van der Waals surface area (Å²) >= 11 is 0. The Kier molecular flexibility index (Phi) is 4.06. The number of anilines is 1. The summed E-state index contributed by atoms with van der Waals surface area (Å²) < 4.78 is 13.5. The third-order valence-electron chi connectivity index (χ3n) is 2.89. The topological polar surface area (TPSA) is 57.0 Å². The fourth-order valence-electron chi connectivity index (χ4n) is 1.70. The van der Waals surface area contributed by atoms with Gasteiger partial charge in [0.2, 0.25) is 5.91 Å². The number of halogens is 1. The molecule has 0 fully saturated rings. The molecule has 0 unspecified atom stereocenters. The quantitative estimate of drug-likeness (QED) is 0.859. The van der Waals surface area contributed by atoms with Crippen LogP contribution in [0.25, 0.3) is 0 Å². The highest BCUT2D eigenvalue weighted by Gasteiger charge is 2.14. The summed E-state index contributed by atoms with van der Waals surface area (Å²) in [4.78, 5) is 17.4. The molecule has 4 nitrogen and oxygen atoms in total. The third kappa shape index (κ3) is 2.98. The van der Waals surface area contributed by atoms with Crippen LogP contribution in [-0.4, -0.2) is 17.9 Å². The van der Waals surface area contributed by atoms with Crippen LogP contribution >= 0.6 is 0 Å². The van der Waals surface area contributed by atoms with Gasteiger partial charge in [-0.05, 0) is 23.8 Å². The van der Waals surface area contributed by atoms with E-state index in [0.717, 1.165) is 0 Å². The number of hydrogen-bond donors (Lipinski definition) is 0. The van der Waals surface area contributed by atoms with Gasteiger partial charge in [-0.25, -0.2) is 9.37 Å². The lowest BCUT2D eigenvalue weighted by atomic mass is 10.1. The first-order chi connectivity index (χ1) is 9.61. The van der Waals surface area contributed by atoms with Crippen LogP contribution in [0.5, 0.6) is 0 Å². The normalized spacial score (nSPS) is 9.85. The Morgan fingerprint density at radius 2 is 2.10 bits per heavy atom. The molecule has 0 saturated heterocycles. The van der Waals surface area contributed by atoms with E-state index in [1.165, 1.54) is 17.2 Å². The SMILES string of the molecule is CN(C(=O)Cc1ccccc1F)c1ccc(C#N)cn1. The van der Waals surface area contributed by atoms with Crippen LogP contribution in [0.2, 0.25) is 0 Å². The zero-order chi connectivity index (χ0) is 14.5. The Morgan fingerprint density at radius 3 is 2.70 bits per heavy atom. The number of carbonyl (C=O) groups is 1. The number of pyridine rings is 1. The average molecular weight is 269 g/mol. The molecular formula is C15H12FN3O. The summed E-state index contributed by atoms with van der Waals surface area (Å²) in [5, 5.41) is 8.69. The number of likely N-dealkylation sites (N-methyl/N-ethyl adjacent to an activating group) is 1. The van der Waals surface area contributed by atoms with Crippen molar-refractivity contribution in [2.24, 2.45) is 0 Å². The van der Waals surface area contributed by atoms with Crippen LogP contribution in [0.1, 0.15) is 11.1 Å². The number of carbonyl (C=O) groups excluding carboxylic acids is 1.